The molecule has 3 aromatic heterocycles. The molecule has 0 amide bonds. The van der Waals surface area contributed by atoms with Crippen molar-refractivity contribution in [2.75, 3.05) is 5.32 Å². The topological polar surface area (TPSA) is 92.3 Å². The first-order valence-corrected chi connectivity index (χ1v) is 10.8. The molecule has 0 spiro atoms. The molecular formula is C26H23N7. The average molecular weight is 434 g/mol. The van der Waals surface area contributed by atoms with Crippen LogP contribution in [0.1, 0.15) is 18.2 Å². The maximum absolute atomic E-state index is 4.73. The van der Waals surface area contributed by atoms with Crippen LogP contribution in [0.3, 0.4) is 0 Å². The number of benzene rings is 2. The number of anilines is 1. The lowest BCUT2D eigenvalue weighted by atomic mass is 9.98. The van der Waals surface area contributed by atoms with Crippen LogP contribution < -0.4 is 5.32 Å². The zero-order valence-corrected chi connectivity index (χ0v) is 18.2. The van der Waals surface area contributed by atoms with E-state index in [9.17, 15) is 0 Å². The Bertz CT molecular complexity index is 1390. The minimum absolute atomic E-state index is 0.655. The molecule has 2 aromatic carbocycles. The molecule has 0 atom stereocenters. The summed E-state index contributed by atoms with van der Waals surface area (Å²) in [6, 6.07) is 22.6. The molecular weight excluding hydrogens is 410 g/mol. The molecule has 0 fully saturated rings. The van der Waals surface area contributed by atoms with E-state index in [1.54, 1.807) is 6.20 Å². The van der Waals surface area contributed by atoms with E-state index in [0.29, 0.717) is 12.4 Å². The number of nitrogens with zero attached hydrogens (tertiary/aromatic N) is 5. The van der Waals surface area contributed by atoms with Crippen LogP contribution in [-0.4, -0.2) is 30.6 Å². The molecule has 0 aliphatic carbocycles. The normalized spacial score (nSPS) is 11.3. The summed E-state index contributed by atoms with van der Waals surface area (Å²) in [5.74, 6) is 0.655. The number of tetrazole rings is 1. The fourth-order valence-electron chi connectivity index (χ4n) is 3.81. The Morgan fingerprint density at radius 2 is 1.82 bits per heavy atom. The van der Waals surface area contributed by atoms with Crippen LogP contribution in [0.4, 0.5) is 5.69 Å². The molecule has 7 nitrogen and oxygen atoms in total. The van der Waals surface area contributed by atoms with Crippen LogP contribution in [0.25, 0.3) is 33.5 Å². The van der Waals surface area contributed by atoms with Crippen LogP contribution >= 0.6 is 0 Å². The highest BCUT2D eigenvalue weighted by atomic mass is 15.5. The van der Waals surface area contributed by atoms with Crippen molar-refractivity contribution in [2.45, 2.75) is 19.9 Å². The summed E-state index contributed by atoms with van der Waals surface area (Å²) in [7, 11) is 0. The van der Waals surface area contributed by atoms with Gasteiger partial charge >= 0.3 is 0 Å². The van der Waals surface area contributed by atoms with Gasteiger partial charge in [0.15, 0.2) is 5.82 Å². The van der Waals surface area contributed by atoms with Gasteiger partial charge in [-0.15, -0.1) is 5.10 Å². The van der Waals surface area contributed by atoms with E-state index in [4.69, 9.17) is 4.98 Å². The van der Waals surface area contributed by atoms with E-state index < -0.39 is 0 Å². The van der Waals surface area contributed by atoms with Crippen molar-refractivity contribution < 1.29 is 0 Å². The number of fused-ring (bicyclic) bond motifs is 1. The van der Waals surface area contributed by atoms with Gasteiger partial charge < -0.3 is 5.32 Å². The van der Waals surface area contributed by atoms with Gasteiger partial charge in [-0.3, -0.25) is 9.97 Å². The summed E-state index contributed by atoms with van der Waals surface area (Å²) < 4.78 is 0. The first-order valence-electron chi connectivity index (χ1n) is 10.8. The maximum atomic E-state index is 4.73. The molecule has 162 valence electrons. The van der Waals surface area contributed by atoms with Crippen molar-refractivity contribution in [2.24, 2.45) is 0 Å². The third-order valence-electron chi connectivity index (χ3n) is 5.45. The van der Waals surface area contributed by atoms with Crippen molar-refractivity contribution >= 4 is 16.7 Å². The maximum Gasteiger partial charge on any atom is 0.180 e. The van der Waals surface area contributed by atoms with Gasteiger partial charge in [-0.25, -0.2) is 5.10 Å². The molecule has 5 aromatic rings. The molecule has 5 rings (SSSR count). The number of rotatable bonds is 7. The van der Waals surface area contributed by atoms with E-state index in [1.165, 1.54) is 5.56 Å². The summed E-state index contributed by atoms with van der Waals surface area (Å²) in [6.45, 7) is 2.71. The molecule has 0 saturated heterocycles. The molecule has 0 aliphatic rings. The number of pyridine rings is 2. The Labute approximate surface area is 191 Å². The van der Waals surface area contributed by atoms with Crippen molar-refractivity contribution in [3.63, 3.8) is 0 Å². The second kappa shape index (κ2) is 9.40. The minimum atomic E-state index is 0.655. The zero-order chi connectivity index (χ0) is 22.5. The van der Waals surface area contributed by atoms with E-state index in [-0.39, 0.29) is 0 Å². The molecule has 0 aliphatic heterocycles. The van der Waals surface area contributed by atoms with Crippen molar-refractivity contribution in [1.82, 2.24) is 30.6 Å². The SMILES string of the molecule is C/C=C/Cc1cc(NCc2ccc(-c3ccccc3-c3nnn[nH]3)cc2)c2ncccc2n1. The number of hydrogen-bond donors (Lipinski definition) is 2. The fraction of sp³-hybridized carbons (Fsp3) is 0.115. The molecule has 0 radical (unpaired) electrons. The van der Waals surface area contributed by atoms with Crippen molar-refractivity contribution in [3.8, 4) is 22.5 Å². The third-order valence-corrected chi connectivity index (χ3v) is 5.45. The molecule has 0 saturated carbocycles. The summed E-state index contributed by atoms with van der Waals surface area (Å²) in [4.78, 5) is 9.27. The number of allylic oxidation sites excluding steroid dienone is 2. The summed E-state index contributed by atoms with van der Waals surface area (Å²) in [5.41, 5.74) is 8.12. The molecule has 0 bridgehead atoms. The second-order valence-electron chi connectivity index (χ2n) is 7.65. The Hall–Kier alpha value is -4.39. The van der Waals surface area contributed by atoms with E-state index >= 15 is 0 Å². The summed E-state index contributed by atoms with van der Waals surface area (Å²) >= 11 is 0. The van der Waals surface area contributed by atoms with Gasteiger partial charge in [0, 0.05) is 30.4 Å². The van der Waals surface area contributed by atoms with E-state index in [2.05, 4.69) is 73.4 Å². The van der Waals surface area contributed by atoms with Crippen molar-refractivity contribution in [3.05, 3.63) is 96.3 Å². The van der Waals surface area contributed by atoms with Gasteiger partial charge in [-0.2, -0.15) is 0 Å². The van der Waals surface area contributed by atoms with Crippen LogP contribution in [0.15, 0.2) is 85.1 Å². The third kappa shape index (κ3) is 4.48. The lowest BCUT2D eigenvalue weighted by Crippen LogP contribution is -2.03. The summed E-state index contributed by atoms with van der Waals surface area (Å²) in [6.07, 6.45) is 6.75. The van der Waals surface area contributed by atoms with Crippen molar-refractivity contribution in [1.29, 1.82) is 0 Å². The smallest absolute Gasteiger partial charge is 0.180 e. The number of aromatic nitrogens is 6. The molecule has 2 N–H and O–H groups in total. The van der Waals surface area contributed by atoms with Gasteiger partial charge in [0.1, 0.15) is 5.52 Å². The summed E-state index contributed by atoms with van der Waals surface area (Å²) in [5, 5.41) is 17.9. The molecule has 0 unspecified atom stereocenters. The van der Waals surface area contributed by atoms with Gasteiger partial charge in [0.2, 0.25) is 0 Å². The minimum Gasteiger partial charge on any atom is -0.379 e. The lowest BCUT2D eigenvalue weighted by molar-refractivity contribution is 0.881. The van der Waals surface area contributed by atoms with Gasteiger partial charge in [0.05, 0.1) is 11.2 Å². The molecule has 33 heavy (non-hydrogen) atoms. The first-order chi connectivity index (χ1) is 16.3. The fourth-order valence-corrected chi connectivity index (χ4v) is 3.81. The Balaban J connectivity index is 1.38. The quantitative estimate of drug-likeness (QED) is 0.342. The van der Waals surface area contributed by atoms with Gasteiger partial charge in [0.25, 0.3) is 0 Å². The second-order valence-corrected chi connectivity index (χ2v) is 7.65. The number of hydrogen-bond acceptors (Lipinski definition) is 6. The Morgan fingerprint density at radius 3 is 2.61 bits per heavy atom. The van der Waals surface area contributed by atoms with Crippen LogP contribution in [0.2, 0.25) is 0 Å². The van der Waals surface area contributed by atoms with Crippen LogP contribution in [-0.2, 0) is 13.0 Å². The van der Waals surface area contributed by atoms with Crippen LogP contribution in [0, 0.1) is 0 Å². The largest absolute Gasteiger partial charge is 0.379 e. The standard InChI is InChI=1S/C26H23N7/c1-2-3-7-20-16-24(25-23(29-20)10-6-15-27-25)28-17-18-11-13-19(14-12-18)21-8-4-5-9-22(21)26-30-32-33-31-26/h2-6,8-16H,7,17H2,1H3,(H,28,29)(H,30,31,32,33)/b3-2+. The highest BCUT2D eigenvalue weighted by Gasteiger charge is 2.10. The predicted octanol–water partition coefficient (Wildman–Crippen LogP) is 5.21. The van der Waals surface area contributed by atoms with Gasteiger partial charge in [-0.05, 0) is 52.2 Å². The van der Waals surface area contributed by atoms with E-state index in [1.807, 2.05) is 43.3 Å². The predicted molar refractivity (Wildman–Crippen MR) is 130 cm³/mol. The first kappa shape index (κ1) is 20.5. The Morgan fingerprint density at radius 1 is 0.970 bits per heavy atom. The monoisotopic (exact) mass is 433 g/mol. The van der Waals surface area contributed by atoms with Gasteiger partial charge in [-0.1, -0.05) is 60.7 Å². The van der Waals surface area contributed by atoms with E-state index in [0.717, 1.165) is 45.5 Å². The number of aromatic amines is 1. The molecule has 7 heteroatoms. The average Bonchev–Trinajstić information content (AvgIpc) is 3.41. The van der Waals surface area contributed by atoms with Crippen LogP contribution in [0.5, 0.6) is 0 Å². The highest BCUT2D eigenvalue weighted by molar-refractivity contribution is 5.87. The Kier molecular flexibility index (Phi) is 5.84. The highest BCUT2D eigenvalue weighted by Crippen LogP contribution is 2.30. The zero-order valence-electron chi connectivity index (χ0n) is 18.2. The lowest BCUT2D eigenvalue weighted by Gasteiger charge is -2.12. The number of H-pyrrole nitrogens is 1. The number of nitrogens with one attached hydrogen (secondary N) is 2. The molecule has 3 heterocycles.